The normalized spacial score (nSPS) is 12.7. The van der Waals surface area contributed by atoms with Crippen LogP contribution in [-0.4, -0.2) is 29.9 Å². The van der Waals surface area contributed by atoms with Crippen LogP contribution in [-0.2, 0) is 23.9 Å². The molecule has 0 aromatic heterocycles. The third-order valence-electron chi connectivity index (χ3n) is 2.30. The molecule has 0 bridgehead atoms. The molecule has 1 atom stereocenters. The lowest BCUT2D eigenvalue weighted by molar-refractivity contribution is -0.161. The van der Waals surface area contributed by atoms with Gasteiger partial charge in [0.2, 0.25) is 0 Å². The van der Waals surface area contributed by atoms with Gasteiger partial charge < -0.3 is 14.3 Å². The maximum atomic E-state index is 11.7. The highest BCUT2D eigenvalue weighted by atomic mass is 16.6. The topological polar surface area (TPSA) is 69.7 Å². The summed E-state index contributed by atoms with van der Waals surface area (Å²) < 4.78 is 10.1. The minimum Gasteiger partial charge on any atom is -0.466 e. The van der Waals surface area contributed by atoms with Crippen LogP contribution in [0.25, 0.3) is 0 Å². The number of esters is 2. The lowest BCUT2D eigenvalue weighted by atomic mass is 9.98. The summed E-state index contributed by atoms with van der Waals surface area (Å²) in [4.78, 5) is 34.4. The number of carbonyl (C=O) groups excluding carboxylic acids is 3. The lowest BCUT2D eigenvalue weighted by Crippen LogP contribution is -2.28. The SMILES string of the molecule is CCOC(=O)C(CCC(C)=O)CC(=O)OC(C)(C)C. The third kappa shape index (κ3) is 9.22. The minimum atomic E-state index is -0.612. The summed E-state index contributed by atoms with van der Waals surface area (Å²) in [5.41, 5.74) is -0.586. The van der Waals surface area contributed by atoms with Gasteiger partial charge in [-0.05, 0) is 41.0 Å². The van der Waals surface area contributed by atoms with E-state index in [0.29, 0.717) is 6.42 Å². The molecule has 0 aromatic carbocycles. The van der Waals surface area contributed by atoms with Crippen molar-refractivity contribution in [3.8, 4) is 0 Å². The summed E-state index contributed by atoms with van der Waals surface area (Å²) in [6.45, 7) is 8.70. The fourth-order valence-electron chi connectivity index (χ4n) is 1.53. The van der Waals surface area contributed by atoms with E-state index in [1.165, 1.54) is 6.92 Å². The summed E-state index contributed by atoms with van der Waals surface area (Å²) in [6.07, 6.45) is 0.517. The molecular formula is C14H24O5. The number of hydrogen-bond acceptors (Lipinski definition) is 5. The molecule has 0 aliphatic heterocycles. The third-order valence-corrected chi connectivity index (χ3v) is 2.30. The Kier molecular flexibility index (Phi) is 7.34. The number of rotatable bonds is 7. The molecule has 0 amide bonds. The van der Waals surface area contributed by atoms with Crippen molar-refractivity contribution in [3.05, 3.63) is 0 Å². The second kappa shape index (κ2) is 7.92. The first-order chi connectivity index (χ1) is 8.65. The van der Waals surface area contributed by atoms with Crippen LogP contribution in [0.15, 0.2) is 0 Å². The van der Waals surface area contributed by atoms with Gasteiger partial charge in [0.15, 0.2) is 0 Å². The van der Waals surface area contributed by atoms with Gasteiger partial charge in [-0.2, -0.15) is 0 Å². The molecule has 0 radical (unpaired) electrons. The predicted octanol–water partition coefficient (Wildman–Crippen LogP) is 2.27. The Morgan fingerprint density at radius 1 is 1.16 bits per heavy atom. The summed E-state index contributed by atoms with van der Waals surface area (Å²) in [5, 5.41) is 0. The molecule has 110 valence electrons. The van der Waals surface area contributed by atoms with E-state index in [1.54, 1.807) is 27.7 Å². The second-order valence-corrected chi connectivity index (χ2v) is 5.48. The molecule has 0 spiro atoms. The van der Waals surface area contributed by atoms with E-state index in [4.69, 9.17) is 9.47 Å². The van der Waals surface area contributed by atoms with E-state index in [9.17, 15) is 14.4 Å². The van der Waals surface area contributed by atoms with Gasteiger partial charge in [0, 0.05) is 6.42 Å². The summed E-state index contributed by atoms with van der Waals surface area (Å²) in [6, 6.07) is 0. The van der Waals surface area contributed by atoms with Crippen molar-refractivity contribution in [2.45, 2.75) is 59.5 Å². The van der Waals surface area contributed by atoms with E-state index in [2.05, 4.69) is 0 Å². The summed E-state index contributed by atoms with van der Waals surface area (Å²) >= 11 is 0. The predicted molar refractivity (Wildman–Crippen MR) is 70.5 cm³/mol. The first kappa shape index (κ1) is 17.6. The summed E-state index contributed by atoms with van der Waals surface area (Å²) in [7, 11) is 0. The Morgan fingerprint density at radius 3 is 2.16 bits per heavy atom. The fourth-order valence-corrected chi connectivity index (χ4v) is 1.53. The quantitative estimate of drug-likeness (QED) is 0.665. The van der Waals surface area contributed by atoms with Crippen LogP contribution in [0, 0.1) is 5.92 Å². The van der Waals surface area contributed by atoms with Crippen molar-refractivity contribution in [2.24, 2.45) is 5.92 Å². The molecule has 0 rings (SSSR count). The highest BCUT2D eigenvalue weighted by Gasteiger charge is 2.26. The molecule has 5 nitrogen and oxygen atoms in total. The number of hydrogen-bond donors (Lipinski definition) is 0. The highest BCUT2D eigenvalue weighted by molar-refractivity contribution is 5.81. The number of ether oxygens (including phenoxy) is 2. The van der Waals surface area contributed by atoms with Crippen molar-refractivity contribution in [2.75, 3.05) is 6.61 Å². The molecule has 5 heteroatoms. The van der Waals surface area contributed by atoms with Crippen LogP contribution in [0.5, 0.6) is 0 Å². The van der Waals surface area contributed by atoms with Gasteiger partial charge in [-0.25, -0.2) is 0 Å². The molecule has 0 saturated heterocycles. The van der Waals surface area contributed by atoms with Crippen molar-refractivity contribution < 1.29 is 23.9 Å². The first-order valence-electron chi connectivity index (χ1n) is 6.53. The van der Waals surface area contributed by atoms with Gasteiger partial charge in [-0.1, -0.05) is 0 Å². The smallest absolute Gasteiger partial charge is 0.309 e. The molecule has 0 fully saturated rings. The molecule has 19 heavy (non-hydrogen) atoms. The average molecular weight is 272 g/mol. The molecular weight excluding hydrogens is 248 g/mol. The number of carbonyl (C=O) groups is 3. The van der Waals surface area contributed by atoms with Crippen molar-refractivity contribution >= 4 is 17.7 Å². The van der Waals surface area contributed by atoms with Gasteiger partial charge >= 0.3 is 11.9 Å². The highest BCUT2D eigenvalue weighted by Crippen LogP contribution is 2.17. The van der Waals surface area contributed by atoms with E-state index in [-0.39, 0.29) is 25.2 Å². The van der Waals surface area contributed by atoms with E-state index >= 15 is 0 Å². The van der Waals surface area contributed by atoms with Crippen molar-refractivity contribution in [3.63, 3.8) is 0 Å². The van der Waals surface area contributed by atoms with Gasteiger partial charge in [0.05, 0.1) is 18.9 Å². The molecule has 0 aliphatic carbocycles. The van der Waals surface area contributed by atoms with Gasteiger partial charge in [0.1, 0.15) is 11.4 Å². The van der Waals surface area contributed by atoms with Crippen LogP contribution in [0.1, 0.15) is 53.9 Å². The molecule has 0 aliphatic rings. The Morgan fingerprint density at radius 2 is 1.74 bits per heavy atom. The maximum absolute atomic E-state index is 11.7. The molecule has 0 saturated carbocycles. The molecule has 0 heterocycles. The Labute approximate surface area is 114 Å². The van der Waals surface area contributed by atoms with E-state index in [1.807, 2.05) is 0 Å². The Bertz CT molecular complexity index is 327. The minimum absolute atomic E-state index is 0.0153. The van der Waals surface area contributed by atoms with E-state index < -0.39 is 23.5 Å². The molecule has 1 unspecified atom stereocenters. The van der Waals surface area contributed by atoms with E-state index in [0.717, 1.165) is 0 Å². The van der Waals surface area contributed by atoms with Crippen LogP contribution in [0.3, 0.4) is 0 Å². The van der Waals surface area contributed by atoms with Crippen LogP contribution >= 0.6 is 0 Å². The van der Waals surface area contributed by atoms with Crippen molar-refractivity contribution in [1.29, 1.82) is 0 Å². The largest absolute Gasteiger partial charge is 0.466 e. The van der Waals surface area contributed by atoms with Gasteiger partial charge in [0.25, 0.3) is 0 Å². The fraction of sp³-hybridized carbons (Fsp3) is 0.786. The van der Waals surface area contributed by atoms with Gasteiger partial charge in [-0.3, -0.25) is 9.59 Å². The Balaban J connectivity index is 4.52. The lowest BCUT2D eigenvalue weighted by Gasteiger charge is -2.21. The number of Topliss-reactive ketones (excluding diaryl/α,β-unsaturated/α-hetero) is 1. The molecule has 0 aromatic rings. The van der Waals surface area contributed by atoms with Crippen LogP contribution in [0.4, 0.5) is 0 Å². The monoisotopic (exact) mass is 272 g/mol. The van der Waals surface area contributed by atoms with Crippen LogP contribution in [0.2, 0.25) is 0 Å². The van der Waals surface area contributed by atoms with Crippen LogP contribution < -0.4 is 0 Å². The van der Waals surface area contributed by atoms with Gasteiger partial charge in [-0.15, -0.1) is 0 Å². The van der Waals surface area contributed by atoms with Crippen molar-refractivity contribution in [1.82, 2.24) is 0 Å². The Hall–Kier alpha value is -1.39. The standard InChI is InChI=1S/C14H24O5/c1-6-18-13(17)11(8-7-10(2)15)9-12(16)19-14(3,4)5/h11H,6-9H2,1-5H3. The summed E-state index contributed by atoms with van der Waals surface area (Å²) in [5.74, 6) is -1.53. The molecule has 0 N–H and O–H groups in total. The second-order valence-electron chi connectivity index (χ2n) is 5.48. The number of ketones is 1. The zero-order valence-electron chi connectivity index (χ0n) is 12.4. The average Bonchev–Trinajstić information content (AvgIpc) is 2.21. The maximum Gasteiger partial charge on any atom is 0.309 e. The zero-order valence-corrected chi connectivity index (χ0v) is 12.4. The first-order valence-corrected chi connectivity index (χ1v) is 6.53. The zero-order chi connectivity index (χ0) is 15.1.